The normalized spacial score (nSPS) is 13.8. The summed E-state index contributed by atoms with van der Waals surface area (Å²) in [6, 6.07) is 15.2. The molecule has 12 heteroatoms. The number of carbonyl (C=O) groups is 5. The van der Waals surface area contributed by atoms with Crippen LogP contribution in [0.2, 0.25) is 0 Å². The summed E-state index contributed by atoms with van der Waals surface area (Å²) < 4.78 is 15.9. The van der Waals surface area contributed by atoms with Gasteiger partial charge in [-0.1, -0.05) is 42.2 Å². The number of benzene rings is 2. The van der Waals surface area contributed by atoms with Crippen molar-refractivity contribution in [3.05, 3.63) is 65.2 Å². The minimum atomic E-state index is -0.846. The van der Waals surface area contributed by atoms with E-state index in [0.717, 1.165) is 22.4 Å². The summed E-state index contributed by atoms with van der Waals surface area (Å²) in [6.45, 7) is 1.38. The summed E-state index contributed by atoms with van der Waals surface area (Å²) >= 11 is 0. The lowest BCUT2D eigenvalue weighted by Crippen LogP contribution is -2.34. The van der Waals surface area contributed by atoms with E-state index >= 15 is 0 Å². The number of nitrogens with zero attached hydrogens (tertiary/aromatic N) is 2. The fraction of sp³-hybridized carbons (Fsp3) is 0.387. The van der Waals surface area contributed by atoms with Gasteiger partial charge in [0.2, 0.25) is 11.8 Å². The van der Waals surface area contributed by atoms with Crippen LogP contribution in [0.4, 0.5) is 5.69 Å². The number of para-hydroxylation sites is 1. The molecule has 2 aromatic carbocycles. The van der Waals surface area contributed by atoms with Gasteiger partial charge in [-0.2, -0.15) is 0 Å². The Morgan fingerprint density at radius 1 is 0.767 bits per heavy atom. The molecular weight excluding hydrogens is 558 g/mol. The maximum Gasteiger partial charge on any atom is 0.358 e. The zero-order valence-electron chi connectivity index (χ0n) is 23.7. The molecule has 0 radical (unpaired) electrons. The summed E-state index contributed by atoms with van der Waals surface area (Å²) in [6.07, 6.45) is 0.153. The van der Waals surface area contributed by atoms with Crippen molar-refractivity contribution in [2.24, 2.45) is 0 Å². The predicted molar refractivity (Wildman–Crippen MR) is 152 cm³/mol. The van der Waals surface area contributed by atoms with Gasteiger partial charge in [-0.15, -0.1) is 5.06 Å². The second-order valence-corrected chi connectivity index (χ2v) is 9.58. The Balaban J connectivity index is 1.05. The van der Waals surface area contributed by atoms with Gasteiger partial charge in [-0.05, 0) is 23.8 Å². The zero-order valence-corrected chi connectivity index (χ0v) is 23.7. The Labute approximate surface area is 249 Å². The van der Waals surface area contributed by atoms with Crippen molar-refractivity contribution in [2.45, 2.75) is 32.2 Å². The monoisotopic (exact) mass is 591 g/mol. The molecule has 2 aromatic rings. The second-order valence-electron chi connectivity index (χ2n) is 9.58. The first-order valence-corrected chi connectivity index (χ1v) is 14.0. The minimum absolute atomic E-state index is 0.0255. The molecule has 1 N–H and O–H groups in total. The molecule has 4 amide bonds. The van der Waals surface area contributed by atoms with Crippen molar-refractivity contribution in [3.8, 4) is 11.8 Å². The highest BCUT2D eigenvalue weighted by Gasteiger charge is 2.32. The van der Waals surface area contributed by atoms with Crippen LogP contribution in [0.25, 0.3) is 0 Å². The number of hydroxylamine groups is 2. The fourth-order valence-corrected chi connectivity index (χ4v) is 4.30. The second kappa shape index (κ2) is 16.2. The molecule has 0 bridgehead atoms. The Bertz CT molecular complexity index is 1380. The molecule has 1 fully saturated rings. The van der Waals surface area contributed by atoms with E-state index in [1.54, 1.807) is 4.90 Å². The van der Waals surface area contributed by atoms with Crippen LogP contribution in [0.1, 0.15) is 42.4 Å². The van der Waals surface area contributed by atoms with E-state index < -0.39 is 24.4 Å². The molecule has 1 saturated heterocycles. The molecule has 0 spiro atoms. The summed E-state index contributed by atoms with van der Waals surface area (Å²) in [4.78, 5) is 66.4. The third-order valence-electron chi connectivity index (χ3n) is 6.47. The molecule has 43 heavy (non-hydrogen) atoms. The number of ether oxygens (including phenoxy) is 3. The van der Waals surface area contributed by atoms with Crippen LogP contribution in [0.5, 0.6) is 0 Å². The molecule has 12 nitrogen and oxygen atoms in total. The van der Waals surface area contributed by atoms with Gasteiger partial charge >= 0.3 is 5.97 Å². The van der Waals surface area contributed by atoms with E-state index in [4.69, 9.17) is 14.2 Å². The number of rotatable bonds is 15. The van der Waals surface area contributed by atoms with Gasteiger partial charge in [0, 0.05) is 43.4 Å². The van der Waals surface area contributed by atoms with Gasteiger partial charge in [0.15, 0.2) is 0 Å². The number of imide groups is 1. The molecule has 2 heterocycles. The largest absolute Gasteiger partial charge is 0.377 e. The molecule has 2 aliphatic heterocycles. The topological polar surface area (TPSA) is 141 Å². The average molecular weight is 592 g/mol. The number of hydrogen-bond acceptors (Lipinski definition) is 9. The van der Waals surface area contributed by atoms with Crippen molar-refractivity contribution in [1.82, 2.24) is 10.4 Å². The van der Waals surface area contributed by atoms with Crippen LogP contribution in [-0.2, 0) is 49.6 Å². The quantitative estimate of drug-likeness (QED) is 0.185. The van der Waals surface area contributed by atoms with Crippen LogP contribution in [0.15, 0.2) is 48.5 Å². The van der Waals surface area contributed by atoms with Crippen molar-refractivity contribution in [1.29, 1.82) is 0 Å². The van der Waals surface area contributed by atoms with Gasteiger partial charge in [0.05, 0.1) is 45.3 Å². The van der Waals surface area contributed by atoms with Crippen LogP contribution in [0, 0.1) is 11.8 Å². The standard InChI is InChI=1S/C31H33N3O9/c35-27(32-15-16-40-17-18-41-19-20-42-22-31(39)43-34-29(37)13-14-30(34)38)11-12-28(36)33-21-25-7-2-1-5-23(25)9-10-24-6-3-4-8-26(24)33/h1-8H,11-22H2,(H,32,35). The Morgan fingerprint density at radius 2 is 1.40 bits per heavy atom. The van der Waals surface area contributed by atoms with Crippen molar-refractivity contribution < 1.29 is 43.0 Å². The highest BCUT2D eigenvalue weighted by molar-refractivity contribution is 6.01. The first kappa shape index (κ1) is 31.4. The minimum Gasteiger partial charge on any atom is -0.377 e. The van der Waals surface area contributed by atoms with E-state index in [2.05, 4.69) is 22.0 Å². The van der Waals surface area contributed by atoms with Crippen molar-refractivity contribution in [3.63, 3.8) is 0 Å². The maximum atomic E-state index is 13.2. The number of nitrogens with one attached hydrogen (secondary N) is 1. The smallest absolute Gasteiger partial charge is 0.358 e. The van der Waals surface area contributed by atoms with E-state index in [-0.39, 0.29) is 77.1 Å². The first-order chi connectivity index (χ1) is 20.9. The van der Waals surface area contributed by atoms with Crippen LogP contribution in [-0.4, -0.2) is 80.8 Å². The SMILES string of the molecule is O=C(CCC(=O)N1Cc2ccccc2C#Cc2ccccc21)NCCOCCOCCOCC(=O)ON1C(=O)CCC1=O. The number of carbonyl (C=O) groups excluding carboxylic acids is 5. The van der Waals surface area contributed by atoms with Gasteiger partial charge < -0.3 is 29.3 Å². The molecule has 0 aliphatic carbocycles. The third-order valence-corrected chi connectivity index (χ3v) is 6.47. The van der Waals surface area contributed by atoms with E-state index in [1.165, 1.54) is 0 Å². The highest BCUT2D eigenvalue weighted by atomic mass is 16.7. The zero-order chi connectivity index (χ0) is 30.4. The van der Waals surface area contributed by atoms with Crippen molar-refractivity contribution in [2.75, 3.05) is 51.1 Å². The fourth-order valence-electron chi connectivity index (χ4n) is 4.30. The molecule has 0 atom stereocenters. The Kier molecular flexibility index (Phi) is 11.8. The molecular formula is C31H33N3O9. The molecule has 4 rings (SSSR count). The van der Waals surface area contributed by atoms with E-state index in [0.29, 0.717) is 11.6 Å². The first-order valence-electron chi connectivity index (χ1n) is 14.0. The molecule has 0 saturated carbocycles. The van der Waals surface area contributed by atoms with E-state index in [9.17, 15) is 24.0 Å². The van der Waals surface area contributed by atoms with Gasteiger partial charge in [-0.3, -0.25) is 19.2 Å². The summed E-state index contributed by atoms with van der Waals surface area (Å²) in [7, 11) is 0. The predicted octanol–water partition coefficient (Wildman–Crippen LogP) is 1.49. The lowest BCUT2D eigenvalue weighted by atomic mass is 10.0. The van der Waals surface area contributed by atoms with Crippen LogP contribution in [0.3, 0.4) is 0 Å². The molecule has 0 unspecified atom stereocenters. The van der Waals surface area contributed by atoms with Gasteiger partial charge in [-0.25, -0.2) is 4.79 Å². The Hall–Kier alpha value is -4.57. The van der Waals surface area contributed by atoms with Crippen LogP contribution >= 0.6 is 0 Å². The van der Waals surface area contributed by atoms with Gasteiger partial charge in [0.1, 0.15) is 6.61 Å². The van der Waals surface area contributed by atoms with Gasteiger partial charge in [0.25, 0.3) is 11.8 Å². The summed E-state index contributed by atoms with van der Waals surface area (Å²) in [5.41, 5.74) is 3.32. The molecule has 2 aliphatic rings. The lowest BCUT2D eigenvalue weighted by molar-refractivity contribution is -0.200. The average Bonchev–Trinajstić information content (AvgIpc) is 3.31. The summed E-state index contributed by atoms with van der Waals surface area (Å²) in [5.74, 6) is 3.99. The number of amides is 4. The molecule has 0 aromatic heterocycles. The third kappa shape index (κ3) is 9.47. The maximum absolute atomic E-state index is 13.2. The summed E-state index contributed by atoms with van der Waals surface area (Å²) in [5, 5.41) is 3.22. The number of hydrogen-bond donors (Lipinski definition) is 1. The molecule has 226 valence electrons. The number of anilines is 1. The highest BCUT2D eigenvalue weighted by Crippen LogP contribution is 2.26. The Morgan fingerprint density at radius 3 is 2.16 bits per heavy atom. The lowest BCUT2D eigenvalue weighted by Gasteiger charge is -2.26. The van der Waals surface area contributed by atoms with Crippen LogP contribution < -0.4 is 10.2 Å². The van der Waals surface area contributed by atoms with Crippen molar-refractivity contribution >= 4 is 35.3 Å². The van der Waals surface area contributed by atoms with E-state index in [1.807, 2.05) is 48.5 Å². The number of fused-ring (bicyclic) bond motifs is 2.